The topological polar surface area (TPSA) is 119 Å². The molecule has 1 heterocycles. The van der Waals surface area contributed by atoms with Gasteiger partial charge in [-0.2, -0.15) is 12.7 Å². The number of nitrogens with zero attached hydrogens (tertiary/aromatic N) is 2. The van der Waals surface area contributed by atoms with E-state index in [1.807, 2.05) is 19.9 Å². The second-order valence-electron chi connectivity index (χ2n) is 7.59. The SMILES string of the molecule is Cc1ccccc1N(C(=O)N(C)C(=O)Oc1cccc2c1OC(C)(C)C2)S(N)(=O)=O. The highest BCUT2D eigenvalue weighted by Crippen LogP contribution is 2.41. The maximum atomic E-state index is 12.9. The molecule has 0 saturated carbocycles. The molecule has 30 heavy (non-hydrogen) atoms. The first-order chi connectivity index (χ1) is 13.9. The van der Waals surface area contributed by atoms with Crippen LogP contribution in [0.2, 0.25) is 0 Å². The summed E-state index contributed by atoms with van der Waals surface area (Å²) in [5.41, 5.74) is 0.931. The van der Waals surface area contributed by atoms with Gasteiger partial charge in [0.1, 0.15) is 5.60 Å². The van der Waals surface area contributed by atoms with Gasteiger partial charge in [-0.25, -0.2) is 19.6 Å². The molecule has 0 radical (unpaired) electrons. The van der Waals surface area contributed by atoms with Gasteiger partial charge in [0.2, 0.25) is 0 Å². The average molecular weight is 433 g/mol. The summed E-state index contributed by atoms with van der Waals surface area (Å²) in [6.07, 6.45) is -0.446. The third kappa shape index (κ3) is 4.24. The summed E-state index contributed by atoms with van der Waals surface area (Å²) in [5, 5.41) is 5.25. The molecule has 10 heteroatoms. The molecule has 2 aromatic rings. The number of aryl methyl sites for hydroxylation is 1. The number of imide groups is 1. The first-order valence-electron chi connectivity index (χ1n) is 9.10. The fourth-order valence-electron chi connectivity index (χ4n) is 3.18. The van der Waals surface area contributed by atoms with Crippen molar-refractivity contribution in [2.24, 2.45) is 5.14 Å². The Morgan fingerprint density at radius 2 is 1.80 bits per heavy atom. The molecule has 1 aliphatic rings. The van der Waals surface area contributed by atoms with E-state index in [1.165, 1.54) is 12.1 Å². The summed E-state index contributed by atoms with van der Waals surface area (Å²) in [7, 11) is -3.40. The van der Waals surface area contributed by atoms with Crippen LogP contribution in [0.4, 0.5) is 15.3 Å². The van der Waals surface area contributed by atoms with Crippen LogP contribution in [-0.2, 0) is 16.6 Å². The van der Waals surface area contributed by atoms with Crippen LogP contribution in [0.25, 0.3) is 0 Å². The number of ether oxygens (including phenoxy) is 2. The fourth-order valence-corrected chi connectivity index (χ4v) is 4.00. The molecule has 9 nitrogen and oxygen atoms in total. The number of benzene rings is 2. The molecule has 0 spiro atoms. The second-order valence-corrected chi connectivity index (χ2v) is 8.98. The molecule has 0 bridgehead atoms. The molecule has 3 amide bonds. The van der Waals surface area contributed by atoms with Gasteiger partial charge in [-0.1, -0.05) is 30.3 Å². The Labute approximate surface area is 175 Å². The van der Waals surface area contributed by atoms with E-state index in [-0.39, 0.29) is 11.4 Å². The standard InChI is InChI=1S/C20H23N3O6S/c1-13-8-5-6-10-15(13)23(30(21,26)27)18(24)22(4)19(25)28-16-11-7-9-14-12-20(2,3)29-17(14)16/h5-11H,12H2,1-4H3,(H2,21,26,27). The van der Waals surface area contributed by atoms with Gasteiger partial charge in [0, 0.05) is 19.0 Å². The summed E-state index contributed by atoms with van der Waals surface area (Å²) >= 11 is 0. The molecular weight excluding hydrogens is 410 g/mol. The van der Waals surface area contributed by atoms with E-state index in [0.717, 1.165) is 12.6 Å². The van der Waals surface area contributed by atoms with E-state index in [1.54, 1.807) is 31.2 Å². The number of para-hydroxylation sites is 2. The van der Waals surface area contributed by atoms with Crippen molar-refractivity contribution in [2.45, 2.75) is 32.8 Å². The summed E-state index contributed by atoms with van der Waals surface area (Å²) in [6.45, 7) is 5.42. The van der Waals surface area contributed by atoms with Gasteiger partial charge < -0.3 is 9.47 Å². The largest absolute Gasteiger partial charge is 0.483 e. The van der Waals surface area contributed by atoms with E-state index >= 15 is 0 Å². The minimum absolute atomic E-state index is 0.0373. The smallest absolute Gasteiger partial charge is 0.423 e. The van der Waals surface area contributed by atoms with Crippen molar-refractivity contribution in [3.05, 3.63) is 53.6 Å². The molecule has 2 aromatic carbocycles. The number of carbonyl (C=O) groups excluding carboxylic acids is 2. The zero-order valence-electron chi connectivity index (χ0n) is 17.1. The van der Waals surface area contributed by atoms with Gasteiger partial charge in [-0.3, -0.25) is 0 Å². The quantitative estimate of drug-likeness (QED) is 0.795. The Morgan fingerprint density at radius 1 is 1.13 bits per heavy atom. The molecule has 160 valence electrons. The number of anilines is 1. The van der Waals surface area contributed by atoms with Crippen LogP contribution in [-0.4, -0.2) is 38.1 Å². The van der Waals surface area contributed by atoms with Crippen LogP contribution in [0.1, 0.15) is 25.0 Å². The van der Waals surface area contributed by atoms with E-state index in [0.29, 0.717) is 26.9 Å². The number of amides is 3. The molecular formula is C20H23N3O6S. The molecule has 2 N–H and O–H groups in total. The monoisotopic (exact) mass is 433 g/mol. The normalized spacial score (nSPS) is 14.4. The maximum Gasteiger partial charge on any atom is 0.423 e. The highest BCUT2D eigenvalue weighted by atomic mass is 32.2. The molecule has 0 saturated heterocycles. The maximum absolute atomic E-state index is 12.9. The van der Waals surface area contributed by atoms with Crippen molar-refractivity contribution in [3.63, 3.8) is 0 Å². The molecule has 0 atom stereocenters. The molecule has 0 fully saturated rings. The third-order valence-electron chi connectivity index (χ3n) is 4.58. The van der Waals surface area contributed by atoms with Crippen molar-refractivity contribution in [2.75, 3.05) is 11.4 Å². The number of urea groups is 1. The predicted molar refractivity (Wildman–Crippen MR) is 111 cm³/mol. The minimum atomic E-state index is -4.51. The number of rotatable bonds is 3. The summed E-state index contributed by atoms with van der Waals surface area (Å²) in [6, 6.07) is 10.2. The van der Waals surface area contributed by atoms with Crippen LogP contribution in [0.5, 0.6) is 11.5 Å². The van der Waals surface area contributed by atoms with Crippen LogP contribution in [0.3, 0.4) is 0 Å². The van der Waals surface area contributed by atoms with Crippen molar-refractivity contribution >= 4 is 28.0 Å². The Balaban J connectivity index is 1.87. The van der Waals surface area contributed by atoms with Gasteiger partial charge in [0.15, 0.2) is 11.5 Å². The summed E-state index contributed by atoms with van der Waals surface area (Å²) in [4.78, 5) is 26.0. The summed E-state index contributed by atoms with van der Waals surface area (Å²) < 4.78 is 35.8. The number of hydrogen-bond acceptors (Lipinski definition) is 6. The van der Waals surface area contributed by atoms with E-state index in [9.17, 15) is 18.0 Å². The van der Waals surface area contributed by atoms with Crippen molar-refractivity contribution in [1.29, 1.82) is 0 Å². The first kappa shape index (κ1) is 21.6. The predicted octanol–water partition coefficient (Wildman–Crippen LogP) is 2.97. The van der Waals surface area contributed by atoms with Crippen molar-refractivity contribution < 1.29 is 27.5 Å². The third-order valence-corrected chi connectivity index (χ3v) is 5.44. The molecule has 0 unspecified atom stereocenters. The van der Waals surface area contributed by atoms with E-state index < -0.39 is 27.9 Å². The Kier molecular flexibility index (Phi) is 5.48. The van der Waals surface area contributed by atoms with Crippen molar-refractivity contribution in [3.8, 4) is 11.5 Å². The van der Waals surface area contributed by atoms with Crippen molar-refractivity contribution in [1.82, 2.24) is 4.90 Å². The van der Waals surface area contributed by atoms with Gasteiger partial charge in [-0.15, -0.1) is 0 Å². The number of nitrogens with two attached hydrogens (primary N) is 1. The molecule has 3 rings (SSSR count). The lowest BCUT2D eigenvalue weighted by Crippen LogP contribution is -2.50. The van der Waals surface area contributed by atoms with E-state index in [4.69, 9.17) is 14.6 Å². The zero-order valence-corrected chi connectivity index (χ0v) is 17.9. The highest BCUT2D eigenvalue weighted by molar-refractivity contribution is 7.91. The zero-order chi connectivity index (χ0) is 22.3. The number of hydrogen-bond donors (Lipinski definition) is 1. The summed E-state index contributed by atoms with van der Waals surface area (Å²) in [5.74, 6) is 0.555. The Hall–Kier alpha value is -3.11. The molecule has 1 aliphatic heterocycles. The number of fused-ring (bicyclic) bond motifs is 1. The van der Waals surface area contributed by atoms with Crippen LogP contribution < -0.4 is 18.9 Å². The van der Waals surface area contributed by atoms with Crippen LogP contribution in [0.15, 0.2) is 42.5 Å². The van der Waals surface area contributed by atoms with Gasteiger partial charge >= 0.3 is 22.3 Å². The Bertz CT molecular complexity index is 1110. The lowest BCUT2D eigenvalue weighted by atomic mass is 10.0. The highest BCUT2D eigenvalue weighted by Gasteiger charge is 2.36. The van der Waals surface area contributed by atoms with Gasteiger partial charge in [0.25, 0.3) is 0 Å². The van der Waals surface area contributed by atoms with Gasteiger partial charge in [-0.05, 0) is 38.5 Å². The fraction of sp³-hybridized carbons (Fsp3) is 0.300. The van der Waals surface area contributed by atoms with E-state index in [2.05, 4.69) is 0 Å². The van der Waals surface area contributed by atoms with Gasteiger partial charge in [0.05, 0.1) is 5.69 Å². The average Bonchev–Trinajstić information content (AvgIpc) is 2.96. The van der Waals surface area contributed by atoms with Crippen LogP contribution in [0, 0.1) is 6.92 Å². The Morgan fingerprint density at radius 3 is 2.43 bits per heavy atom. The minimum Gasteiger partial charge on any atom is -0.483 e. The lowest BCUT2D eigenvalue weighted by molar-refractivity contribution is 0.130. The van der Waals surface area contributed by atoms with Crippen LogP contribution >= 0.6 is 0 Å². The lowest BCUT2D eigenvalue weighted by Gasteiger charge is -2.25. The number of carbonyl (C=O) groups is 2. The second kappa shape index (κ2) is 7.62. The molecule has 0 aromatic heterocycles. The molecule has 0 aliphatic carbocycles. The first-order valence-corrected chi connectivity index (χ1v) is 10.6.